The van der Waals surface area contributed by atoms with E-state index >= 15 is 0 Å². The van der Waals surface area contributed by atoms with Crippen LogP contribution in [0.2, 0.25) is 0 Å². The molecule has 32 heavy (non-hydrogen) atoms. The molecular formula is C26H34N2O4. The van der Waals surface area contributed by atoms with Gasteiger partial charge in [-0.3, -0.25) is 4.98 Å². The van der Waals surface area contributed by atoms with E-state index in [0.29, 0.717) is 18.4 Å². The Morgan fingerprint density at radius 3 is 2.69 bits per heavy atom. The second-order valence-electron chi connectivity index (χ2n) is 10.3. The molecular weight excluding hydrogens is 404 g/mol. The normalized spacial score (nSPS) is 18.2. The molecule has 1 aromatic heterocycles. The summed E-state index contributed by atoms with van der Waals surface area (Å²) >= 11 is 0. The van der Waals surface area contributed by atoms with Crippen LogP contribution in [-0.4, -0.2) is 29.3 Å². The smallest absolute Gasteiger partial charge is 0.407 e. The molecule has 1 saturated carbocycles. The maximum atomic E-state index is 12.3. The van der Waals surface area contributed by atoms with E-state index in [1.807, 2.05) is 51.4 Å². The minimum absolute atomic E-state index is 0.0592. The van der Waals surface area contributed by atoms with Crippen LogP contribution < -0.4 is 14.8 Å². The second-order valence-corrected chi connectivity index (χ2v) is 10.3. The van der Waals surface area contributed by atoms with E-state index in [-0.39, 0.29) is 12.1 Å². The quantitative estimate of drug-likeness (QED) is 0.582. The van der Waals surface area contributed by atoms with Gasteiger partial charge in [0, 0.05) is 35.5 Å². The molecule has 1 amide bonds. The number of fused-ring (bicyclic) bond motifs is 3. The van der Waals surface area contributed by atoms with Gasteiger partial charge in [-0.15, -0.1) is 0 Å². The van der Waals surface area contributed by atoms with Crippen LogP contribution in [0.5, 0.6) is 11.5 Å². The molecule has 4 rings (SSSR count). The minimum Gasteiger partial charge on any atom is -0.491 e. The minimum atomic E-state index is -0.535. The van der Waals surface area contributed by atoms with Crippen LogP contribution in [0.25, 0.3) is 11.1 Å². The summed E-state index contributed by atoms with van der Waals surface area (Å²) in [5.74, 6) is 2.55. The third kappa shape index (κ3) is 5.53. The van der Waals surface area contributed by atoms with E-state index in [0.717, 1.165) is 23.5 Å². The molecule has 2 unspecified atom stereocenters. The Labute approximate surface area is 190 Å². The number of pyridine rings is 1. The molecule has 1 N–H and O–H groups in total. The van der Waals surface area contributed by atoms with Gasteiger partial charge < -0.3 is 19.5 Å². The maximum Gasteiger partial charge on any atom is 0.407 e. The van der Waals surface area contributed by atoms with E-state index in [4.69, 9.17) is 14.2 Å². The number of carbonyl (C=O) groups is 1. The molecule has 2 aliphatic rings. The van der Waals surface area contributed by atoms with Crippen molar-refractivity contribution in [2.45, 2.75) is 71.6 Å². The molecule has 1 aliphatic carbocycles. The Morgan fingerprint density at radius 2 is 2.00 bits per heavy atom. The molecule has 0 saturated heterocycles. The highest BCUT2D eigenvalue weighted by Crippen LogP contribution is 2.51. The Kier molecular flexibility index (Phi) is 6.31. The second kappa shape index (κ2) is 9.00. The zero-order valence-corrected chi connectivity index (χ0v) is 19.7. The van der Waals surface area contributed by atoms with Gasteiger partial charge in [-0.1, -0.05) is 13.8 Å². The number of carbonyl (C=O) groups excluding carboxylic acids is 1. The van der Waals surface area contributed by atoms with Crippen molar-refractivity contribution in [3.63, 3.8) is 0 Å². The Morgan fingerprint density at radius 1 is 1.22 bits per heavy atom. The number of hydrogen-bond acceptors (Lipinski definition) is 5. The number of hydrogen-bond donors (Lipinski definition) is 1. The van der Waals surface area contributed by atoms with Crippen LogP contribution >= 0.6 is 0 Å². The zero-order valence-electron chi connectivity index (χ0n) is 19.7. The van der Waals surface area contributed by atoms with Gasteiger partial charge in [0.05, 0.1) is 6.04 Å². The Bertz CT molecular complexity index is 963. The highest BCUT2D eigenvalue weighted by atomic mass is 16.6. The van der Waals surface area contributed by atoms with Crippen molar-refractivity contribution in [1.82, 2.24) is 10.3 Å². The lowest BCUT2D eigenvalue weighted by atomic mass is 9.92. The van der Waals surface area contributed by atoms with E-state index in [9.17, 15) is 4.79 Å². The first-order valence-electron chi connectivity index (χ1n) is 11.6. The predicted octanol–water partition coefficient (Wildman–Crippen LogP) is 5.91. The highest BCUT2D eigenvalue weighted by Gasteiger charge is 2.38. The van der Waals surface area contributed by atoms with Crippen molar-refractivity contribution in [2.75, 3.05) is 6.61 Å². The van der Waals surface area contributed by atoms with Crippen molar-refractivity contribution in [2.24, 2.45) is 11.8 Å². The maximum absolute atomic E-state index is 12.3. The van der Waals surface area contributed by atoms with Crippen LogP contribution in [0.1, 0.15) is 65.5 Å². The first-order chi connectivity index (χ1) is 15.2. The van der Waals surface area contributed by atoms with Crippen LogP contribution in [0, 0.1) is 11.8 Å². The summed E-state index contributed by atoms with van der Waals surface area (Å²) in [5, 5.41) is 2.96. The van der Waals surface area contributed by atoms with E-state index in [1.54, 1.807) is 0 Å². The van der Waals surface area contributed by atoms with Crippen LogP contribution in [-0.2, 0) is 4.74 Å². The lowest BCUT2D eigenvalue weighted by Gasteiger charge is -2.29. The predicted molar refractivity (Wildman–Crippen MR) is 124 cm³/mol. The average Bonchev–Trinajstić information content (AvgIpc) is 3.54. The van der Waals surface area contributed by atoms with Gasteiger partial charge in [-0.2, -0.15) is 0 Å². The zero-order chi connectivity index (χ0) is 22.9. The average molecular weight is 439 g/mol. The van der Waals surface area contributed by atoms with Crippen molar-refractivity contribution < 1.29 is 19.0 Å². The van der Waals surface area contributed by atoms with E-state index < -0.39 is 11.7 Å². The number of nitrogens with zero attached hydrogens (tertiary/aromatic N) is 1. The van der Waals surface area contributed by atoms with Gasteiger partial charge in [0.25, 0.3) is 0 Å². The number of amides is 1. The number of aromatic nitrogens is 1. The van der Waals surface area contributed by atoms with Crippen molar-refractivity contribution in [3.05, 3.63) is 42.2 Å². The van der Waals surface area contributed by atoms with Gasteiger partial charge in [0.15, 0.2) is 0 Å². The van der Waals surface area contributed by atoms with Crippen molar-refractivity contribution >= 4 is 6.09 Å². The fourth-order valence-corrected chi connectivity index (χ4v) is 4.15. The fourth-order valence-electron chi connectivity index (χ4n) is 4.15. The summed E-state index contributed by atoms with van der Waals surface area (Å²) in [6.45, 7) is 10.2. The monoisotopic (exact) mass is 438 g/mol. The number of ether oxygens (including phenoxy) is 3. The molecule has 2 atom stereocenters. The summed E-state index contributed by atoms with van der Waals surface area (Å²) in [5.41, 5.74) is 2.90. The highest BCUT2D eigenvalue weighted by molar-refractivity contribution is 5.76. The lowest BCUT2D eigenvalue weighted by molar-refractivity contribution is 0.0480. The molecule has 1 aliphatic heterocycles. The number of rotatable bonds is 7. The third-order valence-electron chi connectivity index (χ3n) is 5.63. The summed E-state index contributed by atoms with van der Waals surface area (Å²) < 4.78 is 17.9. The summed E-state index contributed by atoms with van der Waals surface area (Å²) in [7, 11) is 0. The largest absolute Gasteiger partial charge is 0.491 e. The Hall–Kier alpha value is -2.76. The first-order valence-corrected chi connectivity index (χ1v) is 11.6. The van der Waals surface area contributed by atoms with Crippen LogP contribution in [0.3, 0.4) is 0 Å². The van der Waals surface area contributed by atoms with Crippen LogP contribution in [0.4, 0.5) is 4.79 Å². The van der Waals surface area contributed by atoms with E-state index in [1.165, 1.54) is 24.0 Å². The molecule has 1 fully saturated rings. The van der Waals surface area contributed by atoms with E-state index in [2.05, 4.69) is 30.2 Å². The summed E-state index contributed by atoms with van der Waals surface area (Å²) in [4.78, 5) is 16.6. The molecule has 172 valence electrons. The van der Waals surface area contributed by atoms with Crippen LogP contribution in [0.15, 0.2) is 36.7 Å². The SMILES string of the molecule is CC(C)CC(COc1ccc2c(c1)OC(C1CC1)c1cnccc1-2)NC(=O)OC(C)(C)C. The number of benzene rings is 1. The third-order valence-corrected chi connectivity index (χ3v) is 5.63. The molecule has 0 spiro atoms. The summed E-state index contributed by atoms with van der Waals surface area (Å²) in [6, 6.07) is 7.90. The molecule has 6 heteroatoms. The molecule has 0 radical (unpaired) electrons. The van der Waals surface area contributed by atoms with Crippen molar-refractivity contribution in [3.8, 4) is 22.6 Å². The van der Waals surface area contributed by atoms with Gasteiger partial charge >= 0.3 is 6.09 Å². The molecule has 1 aromatic carbocycles. The number of alkyl carbamates (subject to hydrolysis) is 1. The van der Waals surface area contributed by atoms with Gasteiger partial charge in [0.1, 0.15) is 29.8 Å². The molecule has 0 bridgehead atoms. The van der Waals surface area contributed by atoms with Crippen molar-refractivity contribution in [1.29, 1.82) is 0 Å². The first kappa shape index (κ1) is 22.4. The van der Waals surface area contributed by atoms with Gasteiger partial charge in [0.2, 0.25) is 0 Å². The summed E-state index contributed by atoms with van der Waals surface area (Å²) in [6.07, 6.45) is 6.59. The fraction of sp³-hybridized carbons (Fsp3) is 0.538. The topological polar surface area (TPSA) is 69.7 Å². The molecule has 2 heterocycles. The van der Waals surface area contributed by atoms with Gasteiger partial charge in [-0.05, 0) is 69.7 Å². The molecule has 2 aromatic rings. The molecule has 6 nitrogen and oxygen atoms in total. The lowest BCUT2D eigenvalue weighted by Crippen LogP contribution is -2.42. The standard InChI is InChI=1S/C26H34N2O4/c1-16(2)12-18(28-25(29)32-26(3,4)5)15-30-19-8-9-21-20-10-11-27-14-22(20)24(17-6-7-17)31-23(21)13-19/h8-11,13-14,16-18,24H,6-7,12,15H2,1-5H3,(H,28,29). The Balaban J connectivity index is 1.47. The number of nitrogens with one attached hydrogen (secondary N) is 1. The van der Waals surface area contributed by atoms with Gasteiger partial charge in [-0.25, -0.2) is 4.79 Å².